The van der Waals surface area contributed by atoms with Gasteiger partial charge in [0.15, 0.2) is 0 Å². The first-order valence-electron chi connectivity index (χ1n) is 5.13. The molecule has 0 aliphatic heterocycles. The Morgan fingerprint density at radius 1 is 1.56 bits per heavy atom. The summed E-state index contributed by atoms with van der Waals surface area (Å²) in [5, 5.41) is 0. The molecule has 0 unspecified atom stereocenters. The molecular weight excluding hydrogens is 208 g/mol. The van der Waals surface area contributed by atoms with E-state index in [-0.39, 0.29) is 6.09 Å². The Kier molecular flexibility index (Phi) is 3.57. The van der Waals surface area contributed by atoms with E-state index in [2.05, 4.69) is 4.98 Å². The molecule has 0 bridgehead atoms. The number of hydrogen-bond donors (Lipinski definition) is 0. The molecule has 0 atom stereocenters. The molecule has 5 nitrogen and oxygen atoms in total. The average Bonchev–Trinajstić information content (AvgIpc) is 2.48. The highest BCUT2D eigenvalue weighted by Crippen LogP contribution is 2.11. The minimum Gasteiger partial charge on any atom is -0.447 e. The first kappa shape index (κ1) is 12.5. The van der Waals surface area contributed by atoms with Crippen molar-refractivity contribution in [3.63, 3.8) is 0 Å². The number of rotatable bonds is 2. The molecule has 16 heavy (non-hydrogen) atoms. The first-order valence-corrected chi connectivity index (χ1v) is 5.13. The Balaban J connectivity index is 2.52. The second kappa shape index (κ2) is 4.55. The number of hydrogen-bond acceptors (Lipinski definition) is 4. The first-order chi connectivity index (χ1) is 7.28. The van der Waals surface area contributed by atoms with Gasteiger partial charge in [0, 0.05) is 7.05 Å². The minimum atomic E-state index is -0.488. The maximum Gasteiger partial charge on any atom is 0.410 e. The van der Waals surface area contributed by atoms with E-state index in [4.69, 9.17) is 9.15 Å². The second-order valence-electron chi connectivity index (χ2n) is 4.72. The van der Waals surface area contributed by atoms with Crippen molar-refractivity contribution in [3.05, 3.63) is 17.8 Å². The van der Waals surface area contributed by atoms with Crippen LogP contribution in [0.2, 0.25) is 0 Å². The van der Waals surface area contributed by atoms with E-state index in [0.717, 1.165) is 5.69 Å². The van der Waals surface area contributed by atoms with Crippen molar-refractivity contribution in [2.45, 2.75) is 39.8 Å². The van der Waals surface area contributed by atoms with Crippen LogP contribution in [0.4, 0.5) is 4.79 Å². The Morgan fingerprint density at radius 2 is 2.19 bits per heavy atom. The SMILES string of the molecule is Cc1coc(CN(C)C(=O)OC(C)(C)C)n1. The summed E-state index contributed by atoms with van der Waals surface area (Å²) in [6.45, 7) is 7.62. The molecule has 0 aliphatic carbocycles. The summed E-state index contributed by atoms with van der Waals surface area (Å²) in [5.74, 6) is 0.505. The van der Waals surface area contributed by atoms with Gasteiger partial charge in [0.05, 0.1) is 5.69 Å². The standard InChI is InChI=1S/C11H18N2O3/c1-8-7-15-9(12-8)6-13(5)10(14)16-11(2,3)4/h7H,6H2,1-5H3. The van der Waals surface area contributed by atoms with Gasteiger partial charge < -0.3 is 14.1 Å². The molecule has 90 valence electrons. The van der Waals surface area contributed by atoms with Gasteiger partial charge in [-0.05, 0) is 27.7 Å². The van der Waals surface area contributed by atoms with Crippen LogP contribution in [-0.2, 0) is 11.3 Å². The van der Waals surface area contributed by atoms with Gasteiger partial charge in [-0.2, -0.15) is 0 Å². The third-order valence-corrected chi connectivity index (χ3v) is 1.74. The van der Waals surface area contributed by atoms with E-state index >= 15 is 0 Å². The molecule has 1 aromatic rings. The highest BCUT2D eigenvalue weighted by atomic mass is 16.6. The van der Waals surface area contributed by atoms with E-state index in [9.17, 15) is 4.79 Å². The smallest absolute Gasteiger partial charge is 0.410 e. The van der Waals surface area contributed by atoms with Crippen molar-refractivity contribution >= 4 is 6.09 Å². The van der Waals surface area contributed by atoms with Crippen molar-refractivity contribution in [3.8, 4) is 0 Å². The molecule has 1 rings (SSSR count). The van der Waals surface area contributed by atoms with Crippen LogP contribution in [0, 0.1) is 6.92 Å². The number of carbonyl (C=O) groups is 1. The van der Waals surface area contributed by atoms with Gasteiger partial charge in [-0.1, -0.05) is 0 Å². The third-order valence-electron chi connectivity index (χ3n) is 1.74. The van der Waals surface area contributed by atoms with Gasteiger partial charge >= 0.3 is 6.09 Å². The normalized spacial score (nSPS) is 11.3. The fraction of sp³-hybridized carbons (Fsp3) is 0.636. The summed E-state index contributed by atoms with van der Waals surface area (Å²) in [6.07, 6.45) is 1.17. The molecule has 0 spiro atoms. The Morgan fingerprint density at radius 3 is 2.62 bits per heavy atom. The highest BCUT2D eigenvalue weighted by Gasteiger charge is 2.20. The summed E-state index contributed by atoms with van der Waals surface area (Å²) in [4.78, 5) is 17.1. The number of nitrogens with zero attached hydrogens (tertiary/aromatic N) is 2. The quantitative estimate of drug-likeness (QED) is 0.776. The third kappa shape index (κ3) is 3.92. The van der Waals surface area contributed by atoms with E-state index in [0.29, 0.717) is 12.4 Å². The number of aryl methyl sites for hydroxylation is 1. The molecule has 0 saturated carbocycles. The van der Waals surface area contributed by atoms with Gasteiger partial charge in [0.2, 0.25) is 5.89 Å². The van der Waals surface area contributed by atoms with Gasteiger partial charge in [-0.3, -0.25) is 0 Å². The van der Waals surface area contributed by atoms with E-state index in [1.54, 1.807) is 13.3 Å². The minimum absolute atomic E-state index is 0.308. The number of oxazole rings is 1. The number of ether oxygens (including phenoxy) is 1. The summed E-state index contributed by atoms with van der Waals surface area (Å²) >= 11 is 0. The zero-order chi connectivity index (χ0) is 12.3. The van der Waals surface area contributed by atoms with Crippen LogP contribution in [0.15, 0.2) is 10.7 Å². The maximum absolute atomic E-state index is 11.6. The van der Waals surface area contributed by atoms with Crippen molar-refractivity contribution < 1.29 is 13.9 Å². The lowest BCUT2D eigenvalue weighted by atomic mass is 10.2. The largest absolute Gasteiger partial charge is 0.447 e. The molecule has 0 fully saturated rings. The van der Waals surface area contributed by atoms with Crippen molar-refractivity contribution in [2.24, 2.45) is 0 Å². The van der Waals surface area contributed by atoms with Crippen LogP contribution in [0.25, 0.3) is 0 Å². The van der Waals surface area contributed by atoms with E-state index in [1.807, 2.05) is 27.7 Å². The molecular formula is C11H18N2O3. The van der Waals surface area contributed by atoms with Crippen LogP contribution in [0.5, 0.6) is 0 Å². The van der Waals surface area contributed by atoms with Crippen LogP contribution in [-0.4, -0.2) is 28.6 Å². The molecule has 0 radical (unpaired) electrons. The molecule has 0 saturated heterocycles. The average molecular weight is 226 g/mol. The molecule has 0 aromatic carbocycles. The lowest BCUT2D eigenvalue weighted by Gasteiger charge is -2.23. The van der Waals surface area contributed by atoms with Crippen molar-refractivity contribution in [1.82, 2.24) is 9.88 Å². The van der Waals surface area contributed by atoms with Gasteiger partial charge in [-0.15, -0.1) is 0 Å². The Bertz CT molecular complexity index is 366. The monoisotopic (exact) mass is 226 g/mol. The second-order valence-corrected chi connectivity index (χ2v) is 4.72. The fourth-order valence-electron chi connectivity index (χ4n) is 1.08. The molecule has 1 aromatic heterocycles. The van der Waals surface area contributed by atoms with Crippen LogP contribution in [0.3, 0.4) is 0 Å². The lowest BCUT2D eigenvalue weighted by molar-refractivity contribution is 0.0271. The Hall–Kier alpha value is -1.52. The lowest BCUT2D eigenvalue weighted by Crippen LogP contribution is -2.33. The van der Waals surface area contributed by atoms with Crippen LogP contribution in [0.1, 0.15) is 32.4 Å². The van der Waals surface area contributed by atoms with E-state index in [1.165, 1.54) is 4.90 Å². The number of amides is 1. The zero-order valence-corrected chi connectivity index (χ0v) is 10.4. The summed E-state index contributed by atoms with van der Waals surface area (Å²) in [7, 11) is 1.65. The predicted octanol–water partition coefficient (Wildman–Crippen LogP) is 2.35. The molecule has 1 amide bonds. The molecule has 1 heterocycles. The topological polar surface area (TPSA) is 55.6 Å². The maximum atomic E-state index is 11.6. The van der Waals surface area contributed by atoms with Gasteiger partial charge in [0.1, 0.15) is 18.4 Å². The zero-order valence-electron chi connectivity index (χ0n) is 10.4. The van der Waals surface area contributed by atoms with Crippen LogP contribution < -0.4 is 0 Å². The number of carbonyl (C=O) groups excluding carboxylic acids is 1. The summed E-state index contributed by atoms with van der Waals surface area (Å²) < 4.78 is 10.4. The highest BCUT2D eigenvalue weighted by molar-refractivity contribution is 5.67. The predicted molar refractivity (Wildman–Crippen MR) is 58.9 cm³/mol. The fourth-order valence-corrected chi connectivity index (χ4v) is 1.08. The van der Waals surface area contributed by atoms with Crippen molar-refractivity contribution in [1.29, 1.82) is 0 Å². The summed E-state index contributed by atoms with van der Waals surface area (Å²) in [5.41, 5.74) is 0.310. The molecule has 0 N–H and O–H groups in total. The Labute approximate surface area is 95.4 Å². The van der Waals surface area contributed by atoms with Gasteiger partial charge in [-0.25, -0.2) is 9.78 Å². The van der Waals surface area contributed by atoms with Crippen molar-refractivity contribution in [2.75, 3.05) is 7.05 Å². The van der Waals surface area contributed by atoms with Gasteiger partial charge in [0.25, 0.3) is 0 Å². The number of aromatic nitrogens is 1. The molecule has 5 heteroatoms. The summed E-state index contributed by atoms with van der Waals surface area (Å²) in [6, 6.07) is 0. The van der Waals surface area contributed by atoms with Crippen LogP contribution >= 0.6 is 0 Å². The van der Waals surface area contributed by atoms with E-state index < -0.39 is 5.60 Å². The molecule has 0 aliphatic rings.